The van der Waals surface area contributed by atoms with E-state index in [1.165, 1.54) is 24.5 Å². The van der Waals surface area contributed by atoms with E-state index in [1.807, 2.05) is 0 Å². The van der Waals surface area contributed by atoms with E-state index in [9.17, 15) is 14.3 Å². The van der Waals surface area contributed by atoms with Crippen LogP contribution < -0.4 is 5.73 Å². The number of esters is 1. The Labute approximate surface area is 108 Å². The Kier molecular flexibility index (Phi) is 3.82. The van der Waals surface area contributed by atoms with E-state index in [2.05, 4.69) is 0 Å². The minimum absolute atomic E-state index is 0.166. The smallest absolute Gasteiger partial charge is 0.325 e. The largest absolute Gasteiger partial charge is 0.465 e. The van der Waals surface area contributed by atoms with Crippen LogP contribution in [0.15, 0.2) is 28.9 Å². The van der Waals surface area contributed by atoms with Crippen LogP contribution in [0.4, 0.5) is 4.39 Å². The van der Waals surface area contributed by atoms with Crippen molar-refractivity contribution in [2.75, 3.05) is 6.61 Å². The first-order valence-corrected chi connectivity index (χ1v) is 5.82. The van der Waals surface area contributed by atoms with Gasteiger partial charge in [-0.3, -0.25) is 4.79 Å². The summed E-state index contributed by atoms with van der Waals surface area (Å²) in [5.41, 5.74) is 6.04. The molecule has 0 saturated carbocycles. The van der Waals surface area contributed by atoms with Crippen LogP contribution in [0.25, 0.3) is 11.0 Å². The number of halogens is 1. The van der Waals surface area contributed by atoms with E-state index in [4.69, 9.17) is 14.9 Å². The number of nitrogens with two attached hydrogens (primary N) is 1. The topological polar surface area (TPSA) is 85.7 Å². The minimum atomic E-state index is -1.33. The maximum atomic E-state index is 13.5. The lowest BCUT2D eigenvalue weighted by Crippen LogP contribution is -2.38. The number of carbonyl (C=O) groups is 1. The molecule has 5 nitrogen and oxygen atoms in total. The molecule has 1 aromatic heterocycles. The fourth-order valence-electron chi connectivity index (χ4n) is 1.84. The van der Waals surface area contributed by atoms with Crippen LogP contribution in [0.5, 0.6) is 0 Å². The van der Waals surface area contributed by atoms with Gasteiger partial charge in [0.1, 0.15) is 23.5 Å². The molecule has 2 aromatic rings. The quantitative estimate of drug-likeness (QED) is 0.820. The van der Waals surface area contributed by atoms with Gasteiger partial charge in [0.15, 0.2) is 0 Å². The fourth-order valence-corrected chi connectivity index (χ4v) is 1.84. The van der Waals surface area contributed by atoms with Crippen LogP contribution in [-0.4, -0.2) is 23.7 Å². The third kappa shape index (κ3) is 2.45. The van der Waals surface area contributed by atoms with Crippen LogP contribution in [0.2, 0.25) is 0 Å². The minimum Gasteiger partial charge on any atom is -0.465 e. The fraction of sp³-hybridized carbons (Fsp3) is 0.308. The molecule has 2 atom stereocenters. The predicted molar refractivity (Wildman–Crippen MR) is 65.7 cm³/mol. The van der Waals surface area contributed by atoms with Gasteiger partial charge in [0.25, 0.3) is 0 Å². The average Bonchev–Trinajstić information content (AvgIpc) is 2.88. The van der Waals surface area contributed by atoms with E-state index in [-0.39, 0.29) is 23.1 Å². The second kappa shape index (κ2) is 5.38. The van der Waals surface area contributed by atoms with Gasteiger partial charge >= 0.3 is 5.97 Å². The molecule has 0 spiro atoms. The van der Waals surface area contributed by atoms with Crippen molar-refractivity contribution in [3.63, 3.8) is 0 Å². The lowest BCUT2D eigenvalue weighted by molar-refractivity contribution is -0.147. The first-order valence-electron chi connectivity index (χ1n) is 5.82. The van der Waals surface area contributed by atoms with Crippen molar-refractivity contribution < 1.29 is 23.4 Å². The molecule has 19 heavy (non-hydrogen) atoms. The highest BCUT2D eigenvalue weighted by molar-refractivity contribution is 5.83. The summed E-state index contributed by atoms with van der Waals surface area (Å²) in [6, 6.07) is 2.72. The first-order chi connectivity index (χ1) is 9.06. The zero-order valence-electron chi connectivity index (χ0n) is 10.3. The Bertz CT molecular complexity index is 595. The molecule has 0 bridgehead atoms. The predicted octanol–water partition coefficient (Wildman–Crippen LogP) is 1.50. The molecule has 0 aliphatic heterocycles. The Morgan fingerprint density at radius 2 is 2.26 bits per heavy atom. The molecular formula is C13H14FNO4. The second-order valence-corrected chi connectivity index (χ2v) is 4.02. The zero-order chi connectivity index (χ0) is 14.0. The second-order valence-electron chi connectivity index (χ2n) is 4.02. The molecule has 1 aromatic carbocycles. The number of hydrogen-bond acceptors (Lipinski definition) is 5. The SMILES string of the molecule is CCOC(=O)C(N)C(O)c1ccc(F)c2ccoc12. The van der Waals surface area contributed by atoms with E-state index in [1.54, 1.807) is 6.92 Å². The normalized spacial score (nSPS) is 14.3. The highest BCUT2D eigenvalue weighted by Crippen LogP contribution is 2.28. The summed E-state index contributed by atoms with van der Waals surface area (Å²) < 4.78 is 23.3. The van der Waals surface area contributed by atoms with Crippen LogP contribution in [0.1, 0.15) is 18.6 Å². The Morgan fingerprint density at radius 1 is 1.53 bits per heavy atom. The van der Waals surface area contributed by atoms with Crippen molar-refractivity contribution in [3.05, 3.63) is 35.8 Å². The molecule has 0 fully saturated rings. The molecular weight excluding hydrogens is 253 g/mol. The van der Waals surface area contributed by atoms with Crippen molar-refractivity contribution in [2.24, 2.45) is 5.73 Å². The van der Waals surface area contributed by atoms with Crippen LogP contribution >= 0.6 is 0 Å². The zero-order valence-corrected chi connectivity index (χ0v) is 10.3. The van der Waals surface area contributed by atoms with Gasteiger partial charge in [0.2, 0.25) is 0 Å². The number of ether oxygens (including phenoxy) is 1. The summed E-state index contributed by atoms with van der Waals surface area (Å²) in [5.74, 6) is -1.19. The van der Waals surface area contributed by atoms with E-state index in [0.717, 1.165) is 0 Å². The summed E-state index contributed by atoms with van der Waals surface area (Å²) in [6.07, 6.45) is -0.0202. The standard InChI is InChI=1S/C13H14FNO4/c1-2-18-13(17)10(15)11(16)8-3-4-9(14)7-5-6-19-12(7)8/h3-6,10-11,16H,2,15H2,1H3. The third-order valence-corrected chi connectivity index (χ3v) is 2.81. The van der Waals surface area contributed by atoms with Crippen LogP contribution in [0.3, 0.4) is 0 Å². The number of fused-ring (bicyclic) bond motifs is 1. The molecule has 0 radical (unpaired) electrons. The summed E-state index contributed by atoms with van der Waals surface area (Å²) >= 11 is 0. The van der Waals surface area contributed by atoms with Gasteiger partial charge in [0, 0.05) is 5.56 Å². The maximum absolute atomic E-state index is 13.5. The van der Waals surface area contributed by atoms with E-state index < -0.39 is 23.9 Å². The lowest BCUT2D eigenvalue weighted by Gasteiger charge is -2.17. The Balaban J connectivity index is 2.36. The highest BCUT2D eigenvalue weighted by Gasteiger charge is 2.28. The number of aliphatic hydroxyl groups is 1. The molecule has 102 valence electrons. The maximum Gasteiger partial charge on any atom is 0.325 e. The Hall–Kier alpha value is -1.92. The summed E-state index contributed by atoms with van der Waals surface area (Å²) in [6.45, 7) is 1.80. The van der Waals surface area contributed by atoms with Crippen molar-refractivity contribution in [1.29, 1.82) is 0 Å². The van der Waals surface area contributed by atoms with Gasteiger partial charge in [-0.15, -0.1) is 0 Å². The molecule has 6 heteroatoms. The number of benzene rings is 1. The van der Waals surface area contributed by atoms with Crippen LogP contribution in [0, 0.1) is 5.82 Å². The number of rotatable bonds is 4. The molecule has 0 amide bonds. The van der Waals surface area contributed by atoms with Gasteiger partial charge in [-0.1, -0.05) is 0 Å². The average molecular weight is 267 g/mol. The van der Waals surface area contributed by atoms with Gasteiger partial charge < -0.3 is 20.0 Å². The van der Waals surface area contributed by atoms with Gasteiger partial charge in [-0.25, -0.2) is 4.39 Å². The Morgan fingerprint density at radius 3 is 2.95 bits per heavy atom. The number of hydrogen-bond donors (Lipinski definition) is 2. The van der Waals surface area contributed by atoms with Crippen molar-refractivity contribution in [1.82, 2.24) is 0 Å². The molecule has 2 unspecified atom stereocenters. The van der Waals surface area contributed by atoms with Crippen molar-refractivity contribution >= 4 is 16.9 Å². The molecule has 0 aliphatic carbocycles. The summed E-state index contributed by atoms with van der Waals surface area (Å²) in [5, 5.41) is 10.3. The summed E-state index contributed by atoms with van der Waals surface area (Å²) in [7, 11) is 0. The number of aliphatic hydroxyl groups excluding tert-OH is 1. The van der Waals surface area contributed by atoms with E-state index >= 15 is 0 Å². The van der Waals surface area contributed by atoms with Gasteiger partial charge in [0.05, 0.1) is 18.3 Å². The van der Waals surface area contributed by atoms with Crippen LogP contribution in [-0.2, 0) is 9.53 Å². The monoisotopic (exact) mass is 267 g/mol. The molecule has 3 N–H and O–H groups in total. The van der Waals surface area contributed by atoms with Gasteiger partial charge in [-0.2, -0.15) is 0 Å². The van der Waals surface area contributed by atoms with Crippen molar-refractivity contribution in [2.45, 2.75) is 19.1 Å². The number of furan rings is 1. The first kappa shape index (κ1) is 13.5. The molecule has 2 rings (SSSR count). The van der Waals surface area contributed by atoms with E-state index in [0.29, 0.717) is 0 Å². The summed E-state index contributed by atoms with van der Waals surface area (Å²) in [4.78, 5) is 11.5. The molecule has 0 aliphatic rings. The molecule has 1 heterocycles. The van der Waals surface area contributed by atoms with Crippen molar-refractivity contribution in [3.8, 4) is 0 Å². The lowest BCUT2D eigenvalue weighted by atomic mass is 10.0. The molecule has 0 saturated heterocycles. The number of carbonyl (C=O) groups excluding carboxylic acids is 1. The third-order valence-electron chi connectivity index (χ3n) is 2.81. The highest BCUT2D eigenvalue weighted by atomic mass is 19.1. The van der Waals surface area contributed by atoms with Gasteiger partial charge in [-0.05, 0) is 25.1 Å².